The second-order valence-corrected chi connectivity index (χ2v) is 14.6. The predicted octanol–water partition coefficient (Wildman–Crippen LogP) is 13.4. The molecule has 0 bridgehead atoms. The minimum atomic E-state index is 0.645. The number of fused-ring (bicyclic) bond motifs is 6. The van der Waals surface area contributed by atoms with Gasteiger partial charge in [0.2, 0.25) is 0 Å². The van der Waals surface area contributed by atoms with Gasteiger partial charge in [-0.15, -0.1) is 11.3 Å². The molecule has 0 N–H and O–H groups in total. The second kappa shape index (κ2) is 11.9. The standard InChI is InChI=1S/C49H29N3S/c1-3-13-30(14-4-1)33-19-9-21-35(27-33)47-50-48(36-22-10-20-34(28-36)31-15-5-2-6-16-31)52-49(51-47)46-44-39-25-12-18-32-17-11-24-37(43(32)39)40(44)29-42-45(46)38-23-7-8-26-41(38)53-42/h1-29H. The maximum atomic E-state index is 5.44. The van der Waals surface area contributed by atoms with E-state index in [0.29, 0.717) is 17.5 Å². The Kier molecular flexibility index (Phi) is 6.73. The van der Waals surface area contributed by atoms with Crippen molar-refractivity contribution in [2.45, 2.75) is 0 Å². The number of thiophene rings is 1. The third-order valence-electron chi connectivity index (χ3n) is 10.4. The Morgan fingerprint density at radius 3 is 1.51 bits per heavy atom. The molecule has 53 heavy (non-hydrogen) atoms. The van der Waals surface area contributed by atoms with Gasteiger partial charge in [-0.1, -0.05) is 152 Å². The van der Waals surface area contributed by atoms with Crippen LogP contribution in [0.3, 0.4) is 0 Å². The lowest BCUT2D eigenvalue weighted by Gasteiger charge is -2.15. The van der Waals surface area contributed by atoms with Gasteiger partial charge in [-0.25, -0.2) is 15.0 Å². The summed E-state index contributed by atoms with van der Waals surface area (Å²) in [6.07, 6.45) is 0. The highest BCUT2D eigenvalue weighted by Gasteiger charge is 2.29. The molecule has 246 valence electrons. The summed E-state index contributed by atoms with van der Waals surface area (Å²) < 4.78 is 2.48. The summed E-state index contributed by atoms with van der Waals surface area (Å²) in [5.74, 6) is 1.97. The number of rotatable bonds is 5. The van der Waals surface area contributed by atoms with E-state index in [2.05, 4.69) is 164 Å². The molecule has 0 radical (unpaired) electrons. The maximum Gasteiger partial charge on any atom is 0.165 e. The molecule has 0 fully saturated rings. The van der Waals surface area contributed by atoms with Crippen molar-refractivity contribution >= 4 is 42.3 Å². The quantitative estimate of drug-likeness (QED) is 0.180. The molecule has 0 amide bonds. The Hall–Kier alpha value is -6.75. The van der Waals surface area contributed by atoms with Crippen LogP contribution in [-0.4, -0.2) is 15.0 Å². The molecule has 8 aromatic carbocycles. The first-order valence-electron chi connectivity index (χ1n) is 17.9. The second-order valence-electron chi connectivity index (χ2n) is 13.6. The van der Waals surface area contributed by atoms with E-state index in [1.165, 1.54) is 53.2 Å². The van der Waals surface area contributed by atoms with Crippen LogP contribution in [-0.2, 0) is 0 Å². The van der Waals surface area contributed by atoms with Gasteiger partial charge in [-0.3, -0.25) is 0 Å². The normalized spacial score (nSPS) is 11.8. The van der Waals surface area contributed by atoms with Crippen molar-refractivity contribution in [1.29, 1.82) is 0 Å². The van der Waals surface area contributed by atoms with Gasteiger partial charge in [0, 0.05) is 42.4 Å². The molecular weight excluding hydrogens is 663 g/mol. The molecular formula is C49H29N3S. The monoisotopic (exact) mass is 691 g/mol. The molecule has 0 atom stereocenters. The zero-order valence-electron chi connectivity index (χ0n) is 28.5. The Labute approximate surface area is 310 Å². The Balaban J connectivity index is 1.23. The molecule has 0 spiro atoms. The van der Waals surface area contributed by atoms with E-state index >= 15 is 0 Å². The Bertz CT molecular complexity index is 2950. The van der Waals surface area contributed by atoms with Gasteiger partial charge in [0.15, 0.2) is 17.5 Å². The van der Waals surface area contributed by atoms with Crippen molar-refractivity contribution in [3.05, 3.63) is 176 Å². The van der Waals surface area contributed by atoms with Crippen LogP contribution in [0.15, 0.2) is 176 Å². The van der Waals surface area contributed by atoms with Crippen LogP contribution in [0.4, 0.5) is 0 Å². The average Bonchev–Trinajstić information content (AvgIpc) is 3.77. The van der Waals surface area contributed by atoms with Gasteiger partial charge < -0.3 is 0 Å². The highest BCUT2D eigenvalue weighted by molar-refractivity contribution is 7.26. The number of hydrogen-bond acceptors (Lipinski definition) is 4. The summed E-state index contributed by atoms with van der Waals surface area (Å²) in [4.78, 5) is 16.1. The van der Waals surface area contributed by atoms with Crippen molar-refractivity contribution in [3.8, 4) is 78.7 Å². The van der Waals surface area contributed by atoms with E-state index in [1.807, 2.05) is 23.5 Å². The molecule has 11 rings (SSSR count). The van der Waals surface area contributed by atoms with Gasteiger partial charge in [0.25, 0.3) is 0 Å². The van der Waals surface area contributed by atoms with Crippen LogP contribution in [0.25, 0.3) is 110 Å². The Morgan fingerprint density at radius 1 is 0.321 bits per heavy atom. The zero-order valence-corrected chi connectivity index (χ0v) is 29.3. The van der Waals surface area contributed by atoms with E-state index in [4.69, 9.17) is 15.0 Å². The summed E-state index contributed by atoms with van der Waals surface area (Å²) >= 11 is 1.83. The van der Waals surface area contributed by atoms with Crippen molar-refractivity contribution in [2.24, 2.45) is 0 Å². The van der Waals surface area contributed by atoms with Crippen LogP contribution in [0.1, 0.15) is 0 Å². The van der Waals surface area contributed by atoms with Gasteiger partial charge in [-0.2, -0.15) is 0 Å². The van der Waals surface area contributed by atoms with E-state index < -0.39 is 0 Å². The summed E-state index contributed by atoms with van der Waals surface area (Å²) in [7, 11) is 0. The third-order valence-corrected chi connectivity index (χ3v) is 11.6. The van der Waals surface area contributed by atoms with Gasteiger partial charge in [0.05, 0.1) is 0 Å². The van der Waals surface area contributed by atoms with Crippen LogP contribution in [0.5, 0.6) is 0 Å². The first-order valence-corrected chi connectivity index (χ1v) is 18.7. The zero-order chi connectivity index (χ0) is 34.9. The fraction of sp³-hybridized carbons (Fsp3) is 0. The van der Waals surface area contributed by atoms with E-state index in [-0.39, 0.29) is 0 Å². The maximum absolute atomic E-state index is 5.44. The first-order chi connectivity index (χ1) is 26.3. The van der Waals surface area contributed by atoms with Crippen LogP contribution >= 0.6 is 11.3 Å². The topological polar surface area (TPSA) is 38.7 Å². The number of aromatic nitrogens is 3. The van der Waals surface area contributed by atoms with E-state index in [0.717, 1.165) is 38.9 Å². The fourth-order valence-corrected chi connectivity index (χ4v) is 9.21. The highest BCUT2D eigenvalue weighted by atomic mass is 32.1. The number of benzene rings is 8. The average molecular weight is 692 g/mol. The smallest absolute Gasteiger partial charge is 0.165 e. The lowest BCUT2D eigenvalue weighted by atomic mass is 9.93. The Morgan fingerprint density at radius 2 is 0.849 bits per heavy atom. The molecule has 1 aliphatic rings. The lowest BCUT2D eigenvalue weighted by Crippen LogP contribution is -2.02. The SMILES string of the molecule is c1ccc(-c2cccc(-c3nc(-c4cccc(-c5ccccc5)c4)nc(-c4c5c(cc6sc7ccccc7c46)-c4cccc6cccc-5c46)n3)c2)cc1. The highest BCUT2D eigenvalue weighted by Crippen LogP contribution is 2.55. The summed E-state index contributed by atoms with van der Waals surface area (Å²) in [5.41, 5.74) is 12.4. The lowest BCUT2D eigenvalue weighted by molar-refractivity contribution is 1.08. The van der Waals surface area contributed by atoms with Gasteiger partial charge in [0.1, 0.15) is 0 Å². The molecule has 10 aromatic rings. The largest absolute Gasteiger partial charge is 0.208 e. The predicted molar refractivity (Wildman–Crippen MR) is 222 cm³/mol. The van der Waals surface area contributed by atoms with Gasteiger partial charge in [-0.05, 0) is 74.0 Å². The number of hydrogen-bond donors (Lipinski definition) is 0. The van der Waals surface area contributed by atoms with Gasteiger partial charge >= 0.3 is 0 Å². The van der Waals surface area contributed by atoms with Crippen molar-refractivity contribution < 1.29 is 0 Å². The molecule has 2 aromatic heterocycles. The summed E-state index contributed by atoms with van der Waals surface area (Å²) in [6, 6.07) is 62.5. The molecule has 4 heteroatoms. The minimum absolute atomic E-state index is 0.645. The first kappa shape index (κ1) is 29.9. The fourth-order valence-electron chi connectivity index (χ4n) is 8.06. The summed E-state index contributed by atoms with van der Waals surface area (Å²) in [5, 5.41) is 4.93. The van der Waals surface area contributed by atoms with E-state index in [1.54, 1.807) is 0 Å². The molecule has 1 aliphatic carbocycles. The third kappa shape index (κ3) is 4.84. The molecule has 3 nitrogen and oxygen atoms in total. The van der Waals surface area contributed by atoms with Crippen molar-refractivity contribution in [1.82, 2.24) is 15.0 Å². The van der Waals surface area contributed by atoms with Crippen LogP contribution in [0.2, 0.25) is 0 Å². The molecule has 2 heterocycles. The van der Waals surface area contributed by atoms with Crippen LogP contribution in [0, 0.1) is 0 Å². The molecule has 0 saturated heterocycles. The molecule has 0 saturated carbocycles. The van der Waals surface area contributed by atoms with Crippen molar-refractivity contribution in [2.75, 3.05) is 0 Å². The van der Waals surface area contributed by atoms with Crippen LogP contribution < -0.4 is 0 Å². The van der Waals surface area contributed by atoms with Crippen molar-refractivity contribution in [3.63, 3.8) is 0 Å². The minimum Gasteiger partial charge on any atom is -0.208 e. The number of nitrogens with zero attached hydrogens (tertiary/aromatic N) is 3. The molecule has 0 unspecified atom stereocenters. The summed E-state index contributed by atoms with van der Waals surface area (Å²) in [6.45, 7) is 0. The molecule has 0 aliphatic heterocycles. The van der Waals surface area contributed by atoms with E-state index in [9.17, 15) is 0 Å².